The molecule has 8 aromatic rings. The summed E-state index contributed by atoms with van der Waals surface area (Å²) in [5.74, 6) is 5.98. The molecule has 6 aromatic carbocycles. The molecular formula is C68H82N6O10. The van der Waals surface area contributed by atoms with Crippen LogP contribution in [0.25, 0.3) is 68.3 Å². The van der Waals surface area contributed by atoms with Gasteiger partial charge in [-0.15, -0.1) is 0 Å². The molecule has 3 unspecified atom stereocenters. The first-order valence-electron chi connectivity index (χ1n) is 29.5. The molecule has 0 aliphatic carbocycles. The molecule has 0 amide bonds. The Morgan fingerprint density at radius 3 is 0.869 bits per heavy atom. The van der Waals surface area contributed by atoms with Gasteiger partial charge in [-0.05, 0) is 134 Å². The lowest BCUT2D eigenvalue weighted by Gasteiger charge is -2.16. The molecule has 16 nitrogen and oxygen atoms in total. The Kier molecular flexibility index (Phi) is 23.7. The first-order valence-corrected chi connectivity index (χ1v) is 29.5. The Morgan fingerprint density at radius 2 is 0.607 bits per heavy atom. The van der Waals surface area contributed by atoms with E-state index in [-0.39, 0.29) is 52.0 Å². The van der Waals surface area contributed by atoms with Crippen LogP contribution in [0.2, 0.25) is 0 Å². The maximum atomic E-state index is 11.1. The highest BCUT2D eigenvalue weighted by Crippen LogP contribution is 2.39. The fraction of sp³-hybridized carbons (Fsp3) is 0.382. The second-order valence-corrected chi connectivity index (χ2v) is 21.0. The van der Waals surface area contributed by atoms with Crippen molar-refractivity contribution in [1.82, 2.24) is 29.9 Å². The summed E-state index contributed by atoms with van der Waals surface area (Å²) >= 11 is 0. The number of rotatable bonds is 29. The molecule has 0 aliphatic rings. The summed E-state index contributed by atoms with van der Waals surface area (Å²) in [6, 6.07) is 34.3. The highest BCUT2D eigenvalue weighted by atomic mass is 16.5. The molecule has 2 heterocycles. The summed E-state index contributed by atoms with van der Waals surface area (Å²) in [6.07, 6.45) is 13.5. The highest BCUT2D eigenvalue weighted by molar-refractivity contribution is 5.75. The van der Waals surface area contributed by atoms with Gasteiger partial charge in [-0.3, -0.25) is 0 Å². The zero-order valence-electron chi connectivity index (χ0n) is 49.8. The van der Waals surface area contributed by atoms with Crippen molar-refractivity contribution >= 4 is 0 Å². The topological polar surface area (TPSA) is 225 Å². The molecule has 0 aliphatic heterocycles. The van der Waals surface area contributed by atoms with Gasteiger partial charge in [0.15, 0.2) is 34.9 Å². The summed E-state index contributed by atoms with van der Waals surface area (Å²) < 4.78 is 28.7. The molecule has 5 N–H and O–H groups in total. The summed E-state index contributed by atoms with van der Waals surface area (Å²) in [5.41, 5.74) is 3.01. The molecule has 3 atom stereocenters. The van der Waals surface area contributed by atoms with Crippen molar-refractivity contribution in [2.24, 2.45) is 17.8 Å². The predicted molar refractivity (Wildman–Crippen MR) is 330 cm³/mol. The molecule has 0 saturated carbocycles. The van der Waals surface area contributed by atoms with E-state index in [9.17, 15) is 25.5 Å². The van der Waals surface area contributed by atoms with Crippen LogP contribution in [0.4, 0.5) is 0 Å². The van der Waals surface area contributed by atoms with Gasteiger partial charge in [-0.2, -0.15) is 0 Å². The predicted octanol–water partition coefficient (Wildman–Crippen LogP) is 16.1. The smallest absolute Gasteiger partial charge is 0.167 e. The van der Waals surface area contributed by atoms with Gasteiger partial charge in [0, 0.05) is 35.4 Å². The second-order valence-electron chi connectivity index (χ2n) is 21.0. The van der Waals surface area contributed by atoms with Gasteiger partial charge in [-0.25, -0.2) is 29.9 Å². The van der Waals surface area contributed by atoms with Gasteiger partial charge >= 0.3 is 0 Å². The van der Waals surface area contributed by atoms with E-state index >= 15 is 0 Å². The number of aromatic nitrogens is 6. The van der Waals surface area contributed by atoms with E-state index in [0.29, 0.717) is 106 Å². The Balaban J connectivity index is 0.000000245. The Hall–Kier alpha value is -8.66. The summed E-state index contributed by atoms with van der Waals surface area (Å²) in [5, 5.41) is 53.3. The van der Waals surface area contributed by atoms with Crippen LogP contribution in [-0.2, 0) is 0 Å². The van der Waals surface area contributed by atoms with Crippen LogP contribution in [0.5, 0.6) is 57.5 Å². The van der Waals surface area contributed by atoms with Gasteiger partial charge in [0.05, 0.1) is 56.3 Å². The minimum atomic E-state index is -0.177. The molecule has 0 saturated heterocycles. The number of hydrogen-bond acceptors (Lipinski definition) is 16. The average Bonchev–Trinajstić information content (AvgIpc) is 3.48. The van der Waals surface area contributed by atoms with Gasteiger partial charge in [-0.1, -0.05) is 99.3 Å². The fourth-order valence-corrected chi connectivity index (χ4v) is 9.39. The minimum Gasteiger partial charge on any atom is -0.508 e. The first-order chi connectivity index (χ1) is 40.8. The molecule has 0 spiro atoms. The minimum absolute atomic E-state index is 0.00143. The quantitative estimate of drug-likeness (QED) is 0.0294. The Bertz CT molecular complexity index is 3250. The SMILES string of the molecule is CCCCC(CC)COc1ccc(-c2nc(-c3ccc(OC)cc3)nc(-c3ccc(O)cc3O)n2)c(O)c1.CCCCC(CC)COc1ccc(-c2nc(-c3ccc(OC)cc3)nc(-c3ccc(OCC(CC)CCCC)cc3O)n2)c(O)c1. The van der Waals surface area contributed by atoms with Crippen molar-refractivity contribution in [2.45, 2.75) is 119 Å². The molecule has 444 valence electrons. The first kappa shape index (κ1) is 62.9. The van der Waals surface area contributed by atoms with E-state index in [1.807, 2.05) is 48.5 Å². The number of ether oxygens (including phenoxy) is 5. The third kappa shape index (κ3) is 17.4. The van der Waals surface area contributed by atoms with Crippen LogP contribution in [-0.4, -0.2) is 89.5 Å². The largest absolute Gasteiger partial charge is 0.508 e. The van der Waals surface area contributed by atoms with Crippen molar-refractivity contribution in [3.8, 4) is 126 Å². The molecule has 0 radical (unpaired) electrons. The maximum absolute atomic E-state index is 11.1. The maximum Gasteiger partial charge on any atom is 0.167 e. The third-order valence-electron chi connectivity index (χ3n) is 14.9. The van der Waals surface area contributed by atoms with Crippen LogP contribution < -0.4 is 23.7 Å². The van der Waals surface area contributed by atoms with E-state index < -0.39 is 0 Å². The average molecular weight is 1140 g/mol. The van der Waals surface area contributed by atoms with E-state index in [2.05, 4.69) is 56.5 Å². The van der Waals surface area contributed by atoms with Gasteiger partial charge in [0.1, 0.15) is 57.5 Å². The van der Waals surface area contributed by atoms with Gasteiger partial charge < -0.3 is 49.2 Å². The number of unbranched alkanes of at least 4 members (excludes halogenated alkanes) is 3. The number of methoxy groups -OCH3 is 2. The molecule has 16 heteroatoms. The van der Waals surface area contributed by atoms with Crippen molar-refractivity contribution in [2.75, 3.05) is 34.0 Å². The van der Waals surface area contributed by atoms with Crippen LogP contribution in [0.15, 0.2) is 121 Å². The molecule has 0 fully saturated rings. The fourth-order valence-electron chi connectivity index (χ4n) is 9.39. The highest BCUT2D eigenvalue weighted by Gasteiger charge is 2.21. The van der Waals surface area contributed by atoms with E-state index in [1.165, 1.54) is 37.5 Å². The van der Waals surface area contributed by atoms with Crippen molar-refractivity contribution in [1.29, 1.82) is 0 Å². The lowest BCUT2D eigenvalue weighted by atomic mass is 10.0. The van der Waals surface area contributed by atoms with E-state index in [4.69, 9.17) is 38.6 Å². The van der Waals surface area contributed by atoms with Crippen LogP contribution in [0, 0.1) is 17.8 Å². The number of nitrogens with zero attached hydrogens (tertiary/aromatic N) is 6. The van der Waals surface area contributed by atoms with E-state index in [1.54, 1.807) is 68.8 Å². The Morgan fingerprint density at radius 1 is 0.333 bits per heavy atom. The Labute approximate surface area is 494 Å². The molecular weight excluding hydrogens is 1060 g/mol. The number of aromatic hydroxyl groups is 5. The second kappa shape index (κ2) is 31.7. The zero-order chi connectivity index (χ0) is 60.0. The monoisotopic (exact) mass is 1140 g/mol. The normalized spacial score (nSPS) is 12.1. The summed E-state index contributed by atoms with van der Waals surface area (Å²) in [6.45, 7) is 14.9. The lowest BCUT2D eigenvalue weighted by molar-refractivity contribution is 0.232. The molecule has 8 rings (SSSR count). The van der Waals surface area contributed by atoms with Crippen molar-refractivity contribution in [3.05, 3.63) is 121 Å². The molecule has 2 aromatic heterocycles. The molecule has 84 heavy (non-hydrogen) atoms. The van der Waals surface area contributed by atoms with Crippen molar-refractivity contribution < 1.29 is 49.2 Å². The number of phenolic OH excluding ortho intramolecular Hbond substituents is 5. The number of phenols is 5. The van der Waals surface area contributed by atoms with Crippen molar-refractivity contribution in [3.63, 3.8) is 0 Å². The summed E-state index contributed by atoms with van der Waals surface area (Å²) in [7, 11) is 3.20. The van der Waals surface area contributed by atoms with Gasteiger partial charge in [0.2, 0.25) is 0 Å². The lowest BCUT2D eigenvalue weighted by Crippen LogP contribution is -2.11. The van der Waals surface area contributed by atoms with E-state index in [0.717, 1.165) is 63.4 Å². The van der Waals surface area contributed by atoms with Crippen LogP contribution in [0.3, 0.4) is 0 Å². The van der Waals surface area contributed by atoms with Gasteiger partial charge in [0.25, 0.3) is 0 Å². The van der Waals surface area contributed by atoms with Crippen LogP contribution >= 0.6 is 0 Å². The zero-order valence-corrected chi connectivity index (χ0v) is 49.8. The third-order valence-corrected chi connectivity index (χ3v) is 14.9. The number of benzene rings is 6. The van der Waals surface area contributed by atoms with Crippen LogP contribution in [0.1, 0.15) is 119 Å². The summed E-state index contributed by atoms with van der Waals surface area (Å²) in [4.78, 5) is 27.9. The molecule has 0 bridgehead atoms. The number of hydrogen-bond donors (Lipinski definition) is 5. The standard InChI is InChI=1S/C38H49N3O5.C30H33N3O5/c1-6-10-12-26(8-3)24-45-30-18-20-32(34(42)22-30)37-39-36(28-14-16-29(44-5)17-15-28)40-38(41-37)33-21-19-31(23-35(33)43)46-25-27(9-4)13-11-7-2;1-4-6-7-19(5-2)18-38-23-13-15-25(27(36)17-23)30-32-28(20-8-11-22(37-3)12-9-20)31-29(33-30)24-14-10-21(34)16-26(24)35/h14-23,26-27,42-43H,6-13,24-25H2,1-5H3;8-17,19,34-36H,4-7,18H2,1-3H3.